The van der Waals surface area contributed by atoms with E-state index in [4.69, 9.17) is 4.74 Å². The smallest absolute Gasteiger partial charge is 0.411 e. The molecule has 0 bridgehead atoms. The molecule has 1 fully saturated rings. The van der Waals surface area contributed by atoms with Gasteiger partial charge in [-0.2, -0.15) is 0 Å². The van der Waals surface area contributed by atoms with Gasteiger partial charge in [-0.25, -0.2) is 4.79 Å². The number of ether oxygens (including phenoxy) is 1. The Morgan fingerprint density at radius 3 is 2.41 bits per heavy atom. The van der Waals surface area contributed by atoms with E-state index < -0.39 is 6.09 Å². The Morgan fingerprint density at radius 1 is 0.847 bits per heavy atom. The Morgan fingerprint density at radius 2 is 1.61 bits per heavy atom. The summed E-state index contributed by atoms with van der Waals surface area (Å²) < 4.78 is 5.78. The highest BCUT2D eigenvalue weighted by Crippen LogP contribution is 2.28. The van der Waals surface area contributed by atoms with E-state index in [0.717, 1.165) is 27.6 Å². The number of phenols is 1. The van der Waals surface area contributed by atoms with Gasteiger partial charge in [-0.3, -0.25) is 19.7 Å². The number of hydrogen-bond acceptors (Lipinski definition) is 8. The molecule has 0 unspecified atom stereocenters. The summed E-state index contributed by atoms with van der Waals surface area (Å²) in [6.07, 6.45) is 1.70. The van der Waals surface area contributed by atoms with Gasteiger partial charge in [0.1, 0.15) is 11.9 Å². The van der Waals surface area contributed by atoms with Crippen LogP contribution in [0.25, 0.3) is 22.0 Å². The first-order valence-electron chi connectivity index (χ1n) is 19.9. The van der Waals surface area contributed by atoms with Gasteiger partial charge in [0.25, 0.3) is 5.91 Å². The number of aromatic hydroxyl groups is 1. The number of hydrogen-bond donors (Lipinski definition) is 5. The zero-order valence-corrected chi connectivity index (χ0v) is 32.9. The maximum atomic E-state index is 13.2. The number of aromatic amines is 1. The highest BCUT2D eigenvalue weighted by atomic mass is 16.6. The zero-order chi connectivity index (χ0) is 41.1. The van der Waals surface area contributed by atoms with E-state index in [-0.39, 0.29) is 29.2 Å². The summed E-state index contributed by atoms with van der Waals surface area (Å²) in [7, 11) is 1.72. The molecule has 2 heterocycles. The third kappa shape index (κ3) is 10.6. The lowest BCUT2D eigenvalue weighted by Crippen LogP contribution is -2.40. The molecular formula is C47H48N6O6. The van der Waals surface area contributed by atoms with Crippen LogP contribution < -0.4 is 26.4 Å². The molecule has 0 spiro atoms. The third-order valence-electron chi connectivity index (χ3n) is 10.6. The number of phenolic OH excluding ortho intramolecular Hbond substituents is 1. The van der Waals surface area contributed by atoms with Gasteiger partial charge in [0, 0.05) is 73.6 Å². The maximum absolute atomic E-state index is 13.2. The van der Waals surface area contributed by atoms with Crippen LogP contribution in [0.5, 0.6) is 5.75 Å². The standard InChI is InChI=1S/C47H48N6O6/c1-52(44(56)25-29-53-27-23-38(24-28-53)59-47(58)50-41-13-6-5-12-39(41)33-8-3-2-4-9-33)37-11-7-10-35(30-37)46(57)49-36-17-14-32(15-18-36)31-48-26-22-34-16-20-42(54)45-40(34)19-21-43(55)51-45/h2-21,30,38,48,54H,22-29,31H2,1H3,(H,49,57)(H,50,58)(H,51,55). The monoisotopic (exact) mass is 792 g/mol. The lowest BCUT2D eigenvalue weighted by Gasteiger charge is -2.31. The predicted molar refractivity (Wildman–Crippen MR) is 232 cm³/mol. The first-order chi connectivity index (χ1) is 28.7. The second-order valence-corrected chi connectivity index (χ2v) is 14.7. The van der Waals surface area contributed by atoms with Crippen LogP contribution in [0.1, 0.15) is 40.7 Å². The van der Waals surface area contributed by atoms with E-state index in [0.29, 0.717) is 86.5 Å². The number of H-pyrrole nitrogens is 1. The number of anilines is 3. The fourth-order valence-corrected chi connectivity index (χ4v) is 7.30. The van der Waals surface area contributed by atoms with Gasteiger partial charge in [-0.15, -0.1) is 0 Å². The summed E-state index contributed by atoms with van der Waals surface area (Å²) >= 11 is 0. The second-order valence-electron chi connectivity index (χ2n) is 14.7. The van der Waals surface area contributed by atoms with Crippen LogP contribution in [0, 0.1) is 0 Å². The number of nitrogens with one attached hydrogen (secondary N) is 4. The molecule has 1 aromatic heterocycles. The Kier molecular flexibility index (Phi) is 13.1. The van der Waals surface area contributed by atoms with Crippen molar-refractivity contribution >= 4 is 45.9 Å². The van der Waals surface area contributed by atoms with E-state index >= 15 is 0 Å². The van der Waals surface area contributed by atoms with Crippen molar-refractivity contribution in [3.05, 3.63) is 154 Å². The Bertz CT molecular complexity index is 2460. The molecule has 302 valence electrons. The lowest BCUT2D eigenvalue weighted by atomic mass is 10.0. The van der Waals surface area contributed by atoms with Crippen LogP contribution in [0.3, 0.4) is 0 Å². The molecule has 59 heavy (non-hydrogen) atoms. The van der Waals surface area contributed by atoms with Crippen LogP contribution in [-0.2, 0) is 22.5 Å². The van der Waals surface area contributed by atoms with Crippen molar-refractivity contribution in [2.45, 2.75) is 38.3 Å². The van der Waals surface area contributed by atoms with Gasteiger partial charge in [-0.05, 0) is 91.0 Å². The van der Waals surface area contributed by atoms with Crippen molar-refractivity contribution < 1.29 is 24.2 Å². The Balaban J connectivity index is 0.821. The minimum absolute atomic E-state index is 0.0472. The summed E-state index contributed by atoms with van der Waals surface area (Å²) in [6, 6.07) is 38.8. The highest BCUT2D eigenvalue weighted by molar-refractivity contribution is 6.05. The minimum atomic E-state index is -0.475. The summed E-state index contributed by atoms with van der Waals surface area (Å²) in [6.45, 7) is 3.32. The summed E-state index contributed by atoms with van der Waals surface area (Å²) in [5, 5.41) is 20.2. The van der Waals surface area contributed by atoms with E-state index in [1.54, 1.807) is 42.3 Å². The fourth-order valence-electron chi connectivity index (χ4n) is 7.30. The SMILES string of the molecule is CN(C(=O)CCN1CCC(OC(=O)Nc2ccccc2-c2ccccc2)CC1)c1cccc(C(=O)Nc2ccc(CNCCc3ccc(O)c4[nH]c(=O)ccc34)cc2)c1. The Hall–Kier alpha value is -6.76. The van der Waals surface area contributed by atoms with Crippen molar-refractivity contribution in [2.24, 2.45) is 0 Å². The molecule has 0 saturated carbocycles. The molecule has 0 atom stereocenters. The average molecular weight is 793 g/mol. The minimum Gasteiger partial charge on any atom is -0.506 e. The number of amides is 3. The number of para-hydroxylation sites is 1. The van der Waals surface area contributed by atoms with E-state index in [2.05, 4.69) is 25.8 Å². The molecule has 7 rings (SSSR count). The third-order valence-corrected chi connectivity index (χ3v) is 10.6. The second kappa shape index (κ2) is 19.1. The van der Waals surface area contributed by atoms with Crippen molar-refractivity contribution in [3.8, 4) is 16.9 Å². The number of benzene rings is 5. The molecule has 6 aromatic rings. The van der Waals surface area contributed by atoms with Crippen molar-refractivity contribution in [3.63, 3.8) is 0 Å². The van der Waals surface area contributed by atoms with Crippen LogP contribution in [-0.4, -0.2) is 72.2 Å². The number of pyridine rings is 1. The van der Waals surface area contributed by atoms with Crippen LogP contribution in [0.15, 0.2) is 132 Å². The van der Waals surface area contributed by atoms with Crippen LogP contribution in [0.4, 0.5) is 21.9 Å². The van der Waals surface area contributed by atoms with Crippen molar-refractivity contribution in [1.29, 1.82) is 0 Å². The highest BCUT2D eigenvalue weighted by Gasteiger charge is 2.24. The number of likely N-dealkylation sites (tertiary alicyclic amines) is 1. The van der Waals surface area contributed by atoms with Gasteiger partial charge in [0.05, 0.1) is 11.2 Å². The largest absolute Gasteiger partial charge is 0.506 e. The molecule has 1 aliphatic heterocycles. The summed E-state index contributed by atoms with van der Waals surface area (Å²) in [5.41, 5.74) is 6.60. The molecule has 12 heteroatoms. The Labute approximate surface area is 342 Å². The number of piperidine rings is 1. The number of fused-ring (bicyclic) bond motifs is 1. The number of aromatic nitrogens is 1. The number of rotatable bonds is 14. The lowest BCUT2D eigenvalue weighted by molar-refractivity contribution is -0.118. The molecule has 0 radical (unpaired) electrons. The topological polar surface area (TPSA) is 156 Å². The van der Waals surface area contributed by atoms with E-state index in [1.807, 2.05) is 91.0 Å². The summed E-state index contributed by atoms with van der Waals surface area (Å²) in [4.78, 5) is 57.5. The molecule has 1 aliphatic rings. The molecule has 1 saturated heterocycles. The maximum Gasteiger partial charge on any atom is 0.411 e. The van der Waals surface area contributed by atoms with Crippen LogP contribution >= 0.6 is 0 Å². The van der Waals surface area contributed by atoms with Crippen molar-refractivity contribution in [1.82, 2.24) is 15.2 Å². The van der Waals surface area contributed by atoms with Gasteiger partial charge < -0.3 is 35.3 Å². The zero-order valence-electron chi connectivity index (χ0n) is 32.9. The molecule has 3 amide bonds. The van der Waals surface area contributed by atoms with E-state index in [9.17, 15) is 24.3 Å². The van der Waals surface area contributed by atoms with Gasteiger partial charge in [0.2, 0.25) is 11.5 Å². The fraction of sp³-hybridized carbons (Fsp3) is 0.234. The molecule has 0 aliphatic carbocycles. The average Bonchev–Trinajstić information content (AvgIpc) is 3.26. The van der Waals surface area contributed by atoms with Crippen LogP contribution in [0.2, 0.25) is 0 Å². The number of carbonyl (C=O) groups excluding carboxylic acids is 3. The van der Waals surface area contributed by atoms with Crippen molar-refractivity contribution in [2.75, 3.05) is 48.8 Å². The molecule has 12 nitrogen and oxygen atoms in total. The quantitative estimate of drug-likeness (QED) is 0.0709. The first-order valence-corrected chi connectivity index (χ1v) is 19.9. The first kappa shape index (κ1) is 40.4. The summed E-state index contributed by atoms with van der Waals surface area (Å²) in [5.74, 6) is -0.291. The van der Waals surface area contributed by atoms with E-state index in [1.165, 1.54) is 6.07 Å². The molecule has 5 aromatic carbocycles. The molecule has 5 N–H and O–H groups in total. The van der Waals surface area contributed by atoms with Gasteiger partial charge >= 0.3 is 6.09 Å². The normalized spacial score (nSPS) is 13.2. The van der Waals surface area contributed by atoms with Gasteiger partial charge in [0.15, 0.2) is 0 Å². The predicted octanol–water partition coefficient (Wildman–Crippen LogP) is 7.55. The van der Waals surface area contributed by atoms with Gasteiger partial charge in [-0.1, -0.05) is 72.8 Å². The number of nitrogens with zero attached hydrogens (tertiary/aromatic N) is 2. The number of carbonyl (C=O) groups is 3. The molecular weight excluding hydrogens is 745 g/mol.